The molecule has 5 nitrogen and oxygen atoms in total. The van der Waals surface area contributed by atoms with E-state index in [0.717, 1.165) is 15.4 Å². The minimum absolute atomic E-state index is 0.0723. The van der Waals surface area contributed by atoms with Crippen LogP contribution < -0.4 is 5.32 Å². The van der Waals surface area contributed by atoms with Crippen molar-refractivity contribution in [3.8, 4) is 0 Å². The zero-order valence-corrected chi connectivity index (χ0v) is 12.8. The number of fused-ring (bicyclic) bond motifs is 1. The van der Waals surface area contributed by atoms with Crippen molar-refractivity contribution in [1.29, 1.82) is 0 Å². The maximum Gasteiger partial charge on any atom is 0.306 e. The number of aromatic nitrogens is 1. The summed E-state index contributed by atoms with van der Waals surface area (Å²) in [4.78, 5) is 26.4. The van der Waals surface area contributed by atoms with E-state index >= 15 is 0 Å². The Morgan fingerprint density at radius 1 is 1.29 bits per heavy atom. The first kappa shape index (κ1) is 14.1. The summed E-state index contributed by atoms with van der Waals surface area (Å²) in [5.74, 6) is -1.32. The molecule has 1 aliphatic rings. The Bertz CT molecular complexity index is 710. The molecule has 0 radical (unpaired) electrons. The van der Waals surface area contributed by atoms with Crippen LogP contribution in [-0.2, 0) is 4.79 Å². The highest BCUT2D eigenvalue weighted by atomic mass is 79.9. The fourth-order valence-electron chi connectivity index (χ4n) is 2.86. The normalized spacial score (nSPS) is 21.6. The van der Waals surface area contributed by atoms with Gasteiger partial charge in [0.1, 0.15) is 5.69 Å². The molecule has 1 aromatic heterocycles. The van der Waals surface area contributed by atoms with E-state index in [1.807, 2.05) is 24.3 Å². The Kier molecular flexibility index (Phi) is 3.71. The largest absolute Gasteiger partial charge is 0.481 e. The summed E-state index contributed by atoms with van der Waals surface area (Å²) in [5.41, 5.74) is 1.37. The van der Waals surface area contributed by atoms with Crippen molar-refractivity contribution in [3.63, 3.8) is 0 Å². The van der Waals surface area contributed by atoms with Crippen LogP contribution in [-0.4, -0.2) is 28.0 Å². The molecule has 1 amide bonds. The number of carboxylic acid groups (broad SMARTS) is 1. The van der Waals surface area contributed by atoms with Gasteiger partial charge in [-0.05, 0) is 41.3 Å². The van der Waals surface area contributed by atoms with Crippen molar-refractivity contribution >= 4 is 38.7 Å². The maximum absolute atomic E-state index is 12.3. The van der Waals surface area contributed by atoms with Gasteiger partial charge in [0.2, 0.25) is 0 Å². The van der Waals surface area contributed by atoms with E-state index in [0.29, 0.717) is 25.0 Å². The number of nitrogens with one attached hydrogen (secondary N) is 2. The lowest BCUT2D eigenvalue weighted by molar-refractivity contribution is -0.141. The molecule has 3 rings (SSSR count). The van der Waals surface area contributed by atoms with Crippen LogP contribution in [0.15, 0.2) is 28.7 Å². The molecular weight excluding hydrogens is 336 g/mol. The van der Waals surface area contributed by atoms with E-state index in [1.54, 1.807) is 0 Å². The molecule has 0 spiro atoms. The molecule has 0 aliphatic heterocycles. The molecule has 3 N–H and O–H groups in total. The molecule has 2 aromatic rings. The van der Waals surface area contributed by atoms with Gasteiger partial charge in [-0.1, -0.05) is 18.2 Å². The minimum Gasteiger partial charge on any atom is -0.481 e. The topological polar surface area (TPSA) is 82.2 Å². The Morgan fingerprint density at radius 3 is 2.71 bits per heavy atom. The van der Waals surface area contributed by atoms with Gasteiger partial charge in [-0.15, -0.1) is 0 Å². The molecule has 2 atom stereocenters. The standard InChI is InChI=1S/C15H15BrN2O3/c16-12-10-3-1-2-4-11(10)18-13(12)14(19)17-9-6-5-8(7-9)15(20)21/h1-4,8-9,18H,5-7H2,(H,17,19)(H,20,21)/t8-,9+/m1/s1. The molecule has 1 fully saturated rings. The fraction of sp³-hybridized carbons (Fsp3) is 0.333. The molecule has 1 aromatic carbocycles. The SMILES string of the molecule is O=C(N[C@H]1CC[C@@H](C(=O)O)C1)c1[nH]c2ccccc2c1Br. The van der Waals surface area contributed by atoms with Gasteiger partial charge in [-0.25, -0.2) is 0 Å². The summed E-state index contributed by atoms with van der Waals surface area (Å²) in [6.45, 7) is 0. The first-order valence-corrected chi connectivity index (χ1v) is 7.65. The Morgan fingerprint density at radius 2 is 2.05 bits per heavy atom. The number of H-pyrrole nitrogens is 1. The first-order valence-electron chi connectivity index (χ1n) is 6.86. The van der Waals surface area contributed by atoms with Gasteiger partial charge in [0, 0.05) is 16.9 Å². The van der Waals surface area contributed by atoms with Crippen molar-refractivity contribution in [2.24, 2.45) is 5.92 Å². The maximum atomic E-state index is 12.3. The summed E-state index contributed by atoms with van der Waals surface area (Å²) in [6.07, 6.45) is 1.83. The van der Waals surface area contributed by atoms with Crippen LogP contribution in [0.5, 0.6) is 0 Å². The number of hydrogen-bond donors (Lipinski definition) is 3. The highest BCUT2D eigenvalue weighted by molar-refractivity contribution is 9.10. The third-order valence-corrected chi connectivity index (χ3v) is 4.81. The molecule has 21 heavy (non-hydrogen) atoms. The van der Waals surface area contributed by atoms with E-state index in [1.165, 1.54) is 0 Å². The smallest absolute Gasteiger partial charge is 0.306 e. The van der Waals surface area contributed by atoms with Crippen LogP contribution in [0.25, 0.3) is 10.9 Å². The fourth-order valence-corrected chi connectivity index (χ4v) is 3.48. The van der Waals surface area contributed by atoms with Gasteiger partial charge in [0.15, 0.2) is 0 Å². The van der Waals surface area contributed by atoms with Crippen LogP contribution in [0.1, 0.15) is 29.8 Å². The lowest BCUT2D eigenvalue weighted by Crippen LogP contribution is -2.33. The van der Waals surface area contributed by atoms with E-state index < -0.39 is 5.97 Å². The highest BCUT2D eigenvalue weighted by Gasteiger charge is 2.31. The van der Waals surface area contributed by atoms with E-state index in [9.17, 15) is 9.59 Å². The number of aromatic amines is 1. The van der Waals surface area contributed by atoms with E-state index in [2.05, 4.69) is 26.2 Å². The number of carbonyl (C=O) groups is 2. The second kappa shape index (κ2) is 5.52. The molecule has 6 heteroatoms. The van der Waals surface area contributed by atoms with Gasteiger partial charge in [-0.3, -0.25) is 9.59 Å². The third kappa shape index (κ3) is 2.68. The van der Waals surface area contributed by atoms with Crippen LogP contribution >= 0.6 is 15.9 Å². The van der Waals surface area contributed by atoms with Crippen LogP contribution in [0.2, 0.25) is 0 Å². The molecular formula is C15H15BrN2O3. The van der Waals surface area contributed by atoms with Gasteiger partial charge < -0.3 is 15.4 Å². The number of amides is 1. The summed E-state index contributed by atoms with van der Waals surface area (Å²) < 4.78 is 0.739. The third-order valence-electron chi connectivity index (χ3n) is 3.99. The molecule has 1 aliphatic carbocycles. The van der Waals surface area contributed by atoms with Crippen LogP contribution in [0.3, 0.4) is 0 Å². The number of hydrogen-bond acceptors (Lipinski definition) is 2. The van der Waals surface area contributed by atoms with Crippen molar-refractivity contribution < 1.29 is 14.7 Å². The van der Waals surface area contributed by atoms with Crippen molar-refractivity contribution in [3.05, 3.63) is 34.4 Å². The van der Waals surface area contributed by atoms with Crippen molar-refractivity contribution in [2.45, 2.75) is 25.3 Å². The van der Waals surface area contributed by atoms with Crippen LogP contribution in [0.4, 0.5) is 0 Å². The number of benzene rings is 1. The number of carboxylic acids is 1. The zero-order chi connectivity index (χ0) is 15.0. The molecule has 1 heterocycles. The molecule has 0 bridgehead atoms. The summed E-state index contributed by atoms with van der Waals surface area (Å²) in [7, 11) is 0. The second-order valence-corrected chi connectivity index (χ2v) is 6.17. The zero-order valence-electron chi connectivity index (χ0n) is 11.2. The van der Waals surface area contributed by atoms with Gasteiger partial charge >= 0.3 is 5.97 Å². The Hall–Kier alpha value is -1.82. The predicted molar refractivity (Wildman–Crippen MR) is 82.2 cm³/mol. The van der Waals surface area contributed by atoms with Gasteiger partial charge in [-0.2, -0.15) is 0 Å². The Balaban J connectivity index is 1.76. The highest BCUT2D eigenvalue weighted by Crippen LogP contribution is 2.29. The number of para-hydroxylation sites is 1. The summed E-state index contributed by atoms with van der Waals surface area (Å²) in [5, 5.41) is 12.9. The number of aliphatic carboxylic acids is 1. The lowest BCUT2D eigenvalue weighted by Gasteiger charge is -2.11. The van der Waals surface area contributed by atoms with E-state index in [-0.39, 0.29) is 17.9 Å². The minimum atomic E-state index is -0.779. The molecule has 1 saturated carbocycles. The Labute approximate surface area is 129 Å². The lowest BCUT2D eigenvalue weighted by atomic mass is 10.1. The number of rotatable bonds is 3. The molecule has 0 unspecified atom stereocenters. The van der Waals surface area contributed by atoms with Crippen molar-refractivity contribution in [2.75, 3.05) is 0 Å². The predicted octanol–water partition coefficient (Wildman–Crippen LogP) is 2.91. The number of carbonyl (C=O) groups excluding carboxylic acids is 1. The second-order valence-electron chi connectivity index (χ2n) is 5.38. The average Bonchev–Trinajstić information content (AvgIpc) is 3.05. The number of halogens is 1. The van der Waals surface area contributed by atoms with Crippen LogP contribution in [0, 0.1) is 5.92 Å². The van der Waals surface area contributed by atoms with E-state index in [4.69, 9.17) is 5.11 Å². The summed E-state index contributed by atoms with van der Waals surface area (Å²) >= 11 is 3.45. The summed E-state index contributed by atoms with van der Waals surface area (Å²) in [6, 6.07) is 7.59. The monoisotopic (exact) mass is 350 g/mol. The molecule has 0 saturated heterocycles. The molecule has 110 valence electrons. The average molecular weight is 351 g/mol. The van der Waals surface area contributed by atoms with Crippen molar-refractivity contribution in [1.82, 2.24) is 10.3 Å². The van der Waals surface area contributed by atoms with Gasteiger partial charge in [0.25, 0.3) is 5.91 Å². The van der Waals surface area contributed by atoms with Gasteiger partial charge in [0.05, 0.1) is 10.4 Å². The quantitative estimate of drug-likeness (QED) is 0.795. The first-order chi connectivity index (χ1) is 10.1.